The standard InChI is InChI=1S/C47H39N3/c1-46(2)26-28-47(29-27-46)41-19-10-9-18-39(41)40-25-24-37(31-42(40)47)36-16-11-17-38(30-36)45-49-43(34-14-7-4-8-15-34)48-44(50-45)35-22-20-33(21-23-35)32-12-5-3-6-13-32/h3-25,30-31H,26-29H2,1-2H3/i28D2,29D2. The van der Waals surface area contributed by atoms with Crippen LogP contribution in [0.3, 0.4) is 0 Å². The topological polar surface area (TPSA) is 38.7 Å². The quantitative estimate of drug-likeness (QED) is 0.186. The van der Waals surface area contributed by atoms with Gasteiger partial charge in [-0.25, -0.2) is 15.0 Å². The normalized spacial score (nSPS) is 18.6. The van der Waals surface area contributed by atoms with Gasteiger partial charge in [0.15, 0.2) is 17.5 Å². The van der Waals surface area contributed by atoms with Gasteiger partial charge < -0.3 is 0 Å². The molecule has 2 aliphatic rings. The molecule has 0 N–H and O–H groups in total. The lowest BCUT2D eigenvalue weighted by atomic mass is 9.61. The Balaban J connectivity index is 1.16. The van der Waals surface area contributed by atoms with Crippen molar-refractivity contribution in [3.63, 3.8) is 0 Å². The summed E-state index contributed by atoms with van der Waals surface area (Å²) >= 11 is 0. The minimum atomic E-state index is -1.84. The molecule has 1 saturated carbocycles. The molecular formula is C47H39N3. The van der Waals surface area contributed by atoms with Crippen molar-refractivity contribution in [2.24, 2.45) is 5.41 Å². The van der Waals surface area contributed by atoms with Crippen LogP contribution < -0.4 is 0 Å². The first kappa shape index (κ1) is 26.2. The second kappa shape index (κ2) is 12.0. The fourth-order valence-corrected chi connectivity index (χ4v) is 7.34. The zero-order valence-corrected chi connectivity index (χ0v) is 28.2. The molecule has 1 spiro atoms. The van der Waals surface area contributed by atoms with Gasteiger partial charge in [0.05, 0.1) is 0 Å². The molecule has 1 heterocycles. The van der Waals surface area contributed by atoms with Crippen molar-refractivity contribution in [1.82, 2.24) is 15.0 Å². The van der Waals surface area contributed by atoms with Crippen molar-refractivity contribution >= 4 is 0 Å². The zero-order valence-electron chi connectivity index (χ0n) is 32.2. The summed E-state index contributed by atoms with van der Waals surface area (Å²) < 4.78 is 38.4. The molecule has 3 nitrogen and oxygen atoms in total. The lowest BCUT2D eigenvalue weighted by molar-refractivity contribution is 0.188. The van der Waals surface area contributed by atoms with Crippen molar-refractivity contribution in [2.45, 2.75) is 44.8 Å². The Kier molecular flexibility index (Phi) is 6.31. The summed E-state index contributed by atoms with van der Waals surface area (Å²) in [5, 5.41) is 0. The van der Waals surface area contributed by atoms with E-state index in [0.29, 0.717) is 23.0 Å². The number of benzene rings is 6. The first-order valence-electron chi connectivity index (χ1n) is 19.3. The molecule has 9 rings (SSSR count). The van der Waals surface area contributed by atoms with Gasteiger partial charge in [0, 0.05) is 27.6 Å². The molecule has 1 fully saturated rings. The highest BCUT2D eigenvalue weighted by Crippen LogP contribution is 2.58. The molecule has 3 heteroatoms. The number of hydrogen-bond acceptors (Lipinski definition) is 3. The highest BCUT2D eigenvalue weighted by molar-refractivity contribution is 5.84. The van der Waals surface area contributed by atoms with E-state index in [1.807, 2.05) is 117 Å². The van der Waals surface area contributed by atoms with Crippen LogP contribution in [0.2, 0.25) is 0 Å². The highest BCUT2D eigenvalue weighted by Gasteiger charge is 2.46. The minimum Gasteiger partial charge on any atom is -0.208 e. The number of fused-ring (bicyclic) bond motifs is 5. The van der Waals surface area contributed by atoms with Crippen molar-refractivity contribution in [2.75, 3.05) is 0 Å². The van der Waals surface area contributed by atoms with Crippen LogP contribution in [0.4, 0.5) is 0 Å². The molecular weight excluding hydrogens is 607 g/mol. The van der Waals surface area contributed by atoms with E-state index >= 15 is 0 Å². The van der Waals surface area contributed by atoms with E-state index in [-0.39, 0.29) is 12.8 Å². The molecule has 2 aliphatic carbocycles. The van der Waals surface area contributed by atoms with E-state index < -0.39 is 23.6 Å². The SMILES string of the molecule is [2H]C1([2H])CC(C)(C)CC([2H])([2H])C12c1ccccc1-c1ccc(-c3cccc(-c4nc(-c5ccccc5)nc(-c5ccc(-c6ccccc6)cc5)n4)c3)cc12. The van der Waals surface area contributed by atoms with E-state index in [1.54, 1.807) is 0 Å². The summed E-state index contributed by atoms with van der Waals surface area (Å²) in [7, 11) is 0. The summed E-state index contributed by atoms with van der Waals surface area (Å²) in [4.78, 5) is 14.9. The van der Waals surface area contributed by atoms with Gasteiger partial charge >= 0.3 is 0 Å². The Morgan fingerprint density at radius 1 is 0.420 bits per heavy atom. The van der Waals surface area contributed by atoms with E-state index in [1.165, 1.54) is 0 Å². The molecule has 0 unspecified atom stereocenters. The van der Waals surface area contributed by atoms with Gasteiger partial charge in [0.1, 0.15) is 0 Å². The smallest absolute Gasteiger partial charge is 0.164 e. The average Bonchev–Trinajstić information content (AvgIpc) is 3.49. The second-order valence-corrected chi connectivity index (χ2v) is 14.1. The van der Waals surface area contributed by atoms with Crippen molar-refractivity contribution in [3.8, 4) is 67.5 Å². The minimum absolute atomic E-state index is 0.257. The molecule has 6 aromatic carbocycles. The maximum absolute atomic E-state index is 9.61. The Hall–Kier alpha value is -5.67. The van der Waals surface area contributed by atoms with Gasteiger partial charge in [-0.15, -0.1) is 0 Å². The van der Waals surface area contributed by atoms with Gasteiger partial charge in [-0.2, -0.15) is 0 Å². The predicted octanol–water partition coefficient (Wildman–Crippen LogP) is 12.1. The molecule has 0 atom stereocenters. The zero-order chi connectivity index (χ0) is 37.3. The predicted molar refractivity (Wildman–Crippen MR) is 205 cm³/mol. The fourth-order valence-electron chi connectivity index (χ4n) is 7.34. The van der Waals surface area contributed by atoms with Crippen molar-refractivity contribution in [3.05, 3.63) is 163 Å². The highest BCUT2D eigenvalue weighted by atomic mass is 15.0. The maximum Gasteiger partial charge on any atom is 0.164 e. The van der Waals surface area contributed by atoms with Crippen molar-refractivity contribution in [1.29, 1.82) is 0 Å². The van der Waals surface area contributed by atoms with Gasteiger partial charge in [-0.05, 0) is 87.6 Å². The molecule has 0 amide bonds. The third-order valence-corrected chi connectivity index (χ3v) is 10.1. The molecule has 0 bridgehead atoms. The lowest BCUT2D eigenvalue weighted by Crippen LogP contribution is -2.34. The third-order valence-electron chi connectivity index (χ3n) is 10.1. The van der Waals surface area contributed by atoms with Crippen LogP contribution >= 0.6 is 0 Å². The van der Waals surface area contributed by atoms with Gasteiger partial charge in [-0.1, -0.05) is 153 Å². The van der Waals surface area contributed by atoms with Gasteiger partial charge in [0.25, 0.3) is 0 Å². The summed E-state index contributed by atoms with van der Waals surface area (Å²) in [6, 6.07) is 50.5. The molecule has 50 heavy (non-hydrogen) atoms. The molecule has 0 saturated heterocycles. The number of rotatable bonds is 5. The molecule has 242 valence electrons. The van der Waals surface area contributed by atoms with Crippen LogP contribution in [-0.4, -0.2) is 15.0 Å². The van der Waals surface area contributed by atoms with Crippen LogP contribution in [0.5, 0.6) is 0 Å². The molecule has 7 aromatic rings. The van der Waals surface area contributed by atoms with Gasteiger partial charge in [-0.3, -0.25) is 0 Å². The van der Waals surface area contributed by atoms with Crippen LogP contribution in [0, 0.1) is 5.41 Å². The second-order valence-electron chi connectivity index (χ2n) is 14.1. The third kappa shape index (κ3) is 5.34. The van der Waals surface area contributed by atoms with E-state index in [2.05, 4.69) is 48.5 Å². The van der Waals surface area contributed by atoms with Gasteiger partial charge in [0.2, 0.25) is 0 Å². The van der Waals surface area contributed by atoms with Crippen LogP contribution in [0.25, 0.3) is 67.5 Å². The number of hydrogen-bond donors (Lipinski definition) is 0. The largest absolute Gasteiger partial charge is 0.208 e. The fraction of sp³-hybridized carbons (Fsp3) is 0.170. The first-order valence-corrected chi connectivity index (χ1v) is 17.3. The Morgan fingerprint density at radius 3 is 1.58 bits per heavy atom. The Bertz CT molecular complexity index is 2510. The maximum atomic E-state index is 9.61. The average molecular weight is 650 g/mol. The van der Waals surface area contributed by atoms with E-state index in [9.17, 15) is 5.48 Å². The molecule has 0 radical (unpaired) electrons. The van der Waals surface area contributed by atoms with Crippen LogP contribution in [0.1, 0.15) is 56.0 Å². The Labute approximate surface area is 300 Å². The van der Waals surface area contributed by atoms with E-state index in [4.69, 9.17) is 15.0 Å². The summed E-state index contributed by atoms with van der Waals surface area (Å²) in [6.45, 7) is 3.96. The molecule has 1 aromatic heterocycles. The van der Waals surface area contributed by atoms with Crippen LogP contribution in [0.15, 0.2) is 152 Å². The summed E-state index contributed by atoms with van der Waals surface area (Å²) in [5.41, 5.74) is 7.94. The summed E-state index contributed by atoms with van der Waals surface area (Å²) in [5.74, 6) is 1.70. The summed E-state index contributed by atoms with van der Waals surface area (Å²) in [6.07, 6.45) is -3.16. The Morgan fingerprint density at radius 2 is 0.880 bits per heavy atom. The van der Waals surface area contributed by atoms with Crippen LogP contribution in [-0.2, 0) is 5.41 Å². The monoisotopic (exact) mass is 649 g/mol. The number of nitrogens with zero attached hydrogens (tertiary/aromatic N) is 3. The number of aromatic nitrogens is 3. The molecule has 0 aliphatic heterocycles. The van der Waals surface area contributed by atoms with Crippen molar-refractivity contribution < 1.29 is 5.48 Å². The first-order chi connectivity index (χ1) is 26.0. The lowest BCUT2D eigenvalue weighted by Gasteiger charge is -2.43. The van der Waals surface area contributed by atoms with E-state index in [0.717, 1.165) is 55.6 Å².